The summed E-state index contributed by atoms with van der Waals surface area (Å²) in [5.41, 5.74) is 3.09. The summed E-state index contributed by atoms with van der Waals surface area (Å²) in [6, 6.07) is 19.3. The molecule has 0 aliphatic carbocycles. The van der Waals surface area contributed by atoms with Gasteiger partial charge in [-0.2, -0.15) is 5.10 Å². The minimum Gasteiger partial charge on any atom is -0.422 e. The van der Waals surface area contributed by atoms with Crippen LogP contribution in [0, 0.1) is 0 Å². The lowest BCUT2D eigenvalue weighted by molar-refractivity contribution is 0.563. The Kier molecular flexibility index (Phi) is 5.72. The van der Waals surface area contributed by atoms with Gasteiger partial charge >= 0.3 is 5.63 Å². The summed E-state index contributed by atoms with van der Waals surface area (Å²) < 4.78 is 7.34. The fourth-order valence-corrected chi connectivity index (χ4v) is 3.19. The number of fused-ring (bicyclic) bond motifs is 1. The smallest absolute Gasteiger partial charge is 0.345 e. The molecule has 0 aliphatic heterocycles. The maximum Gasteiger partial charge on any atom is 0.345 e. The molecule has 0 spiro atoms. The summed E-state index contributed by atoms with van der Waals surface area (Å²) in [7, 11) is 0. The van der Waals surface area contributed by atoms with E-state index in [4.69, 9.17) is 4.42 Å². The van der Waals surface area contributed by atoms with E-state index in [1.54, 1.807) is 4.68 Å². The number of aromatic nitrogens is 2. The topological polar surface area (TPSA) is 72.1 Å². The van der Waals surface area contributed by atoms with Crippen LogP contribution in [0.5, 0.6) is 0 Å². The molecule has 0 bridgehead atoms. The Morgan fingerprint density at radius 3 is 2.69 bits per heavy atom. The monoisotopic (exact) mass is 388 g/mol. The third-order valence-electron chi connectivity index (χ3n) is 4.68. The zero-order valence-electron chi connectivity index (χ0n) is 16.4. The molecule has 0 saturated heterocycles. The van der Waals surface area contributed by atoms with Crippen LogP contribution in [0.25, 0.3) is 27.9 Å². The van der Waals surface area contributed by atoms with Gasteiger partial charge in [-0.1, -0.05) is 25.1 Å². The lowest BCUT2D eigenvalue weighted by Gasteiger charge is -2.08. The van der Waals surface area contributed by atoms with E-state index in [0.717, 1.165) is 42.8 Å². The standard InChI is InChI=1S/C23H24N4O2/c1-2-11-24-12-13-25-18-9-8-17-15-20(23(28)29-22(17)16-18)21-10-14-27(26-21)19-6-4-3-5-7-19/h3-10,14-16,24-25H,2,11-13H2,1H3. The van der Waals surface area contributed by atoms with Gasteiger partial charge in [-0.3, -0.25) is 0 Å². The van der Waals surface area contributed by atoms with Gasteiger partial charge < -0.3 is 15.1 Å². The zero-order valence-corrected chi connectivity index (χ0v) is 16.4. The molecule has 0 aliphatic rings. The van der Waals surface area contributed by atoms with E-state index in [-0.39, 0.29) is 0 Å². The van der Waals surface area contributed by atoms with Gasteiger partial charge in [0.15, 0.2) is 0 Å². The first kappa shape index (κ1) is 19.0. The van der Waals surface area contributed by atoms with Gasteiger partial charge in [0, 0.05) is 36.4 Å². The molecule has 0 radical (unpaired) electrons. The number of benzene rings is 2. The number of rotatable bonds is 8. The van der Waals surface area contributed by atoms with E-state index in [1.165, 1.54) is 0 Å². The van der Waals surface area contributed by atoms with Crippen LogP contribution in [0.3, 0.4) is 0 Å². The van der Waals surface area contributed by atoms with Crippen molar-refractivity contribution in [3.05, 3.63) is 77.3 Å². The highest BCUT2D eigenvalue weighted by molar-refractivity contribution is 5.83. The number of nitrogens with one attached hydrogen (secondary N) is 2. The summed E-state index contributed by atoms with van der Waals surface area (Å²) in [5.74, 6) is 0. The molecular formula is C23H24N4O2. The van der Waals surface area contributed by atoms with Gasteiger partial charge in [0.1, 0.15) is 11.3 Å². The summed E-state index contributed by atoms with van der Waals surface area (Å²) >= 11 is 0. The molecule has 2 N–H and O–H groups in total. The molecule has 6 heteroatoms. The van der Waals surface area contributed by atoms with Crippen LogP contribution in [0.1, 0.15) is 13.3 Å². The first-order chi connectivity index (χ1) is 14.2. The average Bonchev–Trinajstić information content (AvgIpc) is 3.24. The molecule has 0 fully saturated rings. The molecule has 2 heterocycles. The second kappa shape index (κ2) is 8.75. The van der Waals surface area contributed by atoms with Crippen molar-refractivity contribution in [1.82, 2.24) is 15.1 Å². The lowest BCUT2D eigenvalue weighted by atomic mass is 10.1. The molecule has 6 nitrogen and oxygen atoms in total. The van der Waals surface area contributed by atoms with Crippen LogP contribution in [0.15, 0.2) is 76.1 Å². The van der Waals surface area contributed by atoms with Crippen LogP contribution in [-0.4, -0.2) is 29.4 Å². The average molecular weight is 388 g/mol. The molecular weight excluding hydrogens is 364 g/mol. The van der Waals surface area contributed by atoms with Crippen molar-refractivity contribution >= 4 is 16.7 Å². The molecule has 0 unspecified atom stereocenters. The maximum absolute atomic E-state index is 12.6. The van der Waals surface area contributed by atoms with Gasteiger partial charge in [-0.05, 0) is 49.4 Å². The zero-order chi connectivity index (χ0) is 20.1. The minimum absolute atomic E-state index is 0.391. The normalized spacial score (nSPS) is 11.1. The number of hydrogen-bond donors (Lipinski definition) is 2. The van der Waals surface area contributed by atoms with Crippen molar-refractivity contribution in [3.63, 3.8) is 0 Å². The molecule has 0 amide bonds. The summed E-state index contributed by atoms with van der Waals surface area (Å²) in [6.07, 6.45) is 2.96. The van der Waals surface area contributed by atoms with Gasteiger partial charge in [0.05, 0.1) is 11.3 Å². The highest BCUT2D eigenvalue weighted by Gasteiger charge is 2.11. The predicted molar refractivity (Wildman–Crippen MR) is 117 cm³/mol. The Morgan fingerprint density at radius 1 is 1.00 bits per heavy atom. The maximum atomic E-state index is 12.6. The van der Waals surface area contributed by atoms with Crippen molar-refractivity contribution in [2.45, 2.75) is 13.3 Å². The van der Waals surface area contributed by atoms with Crippen molar-refractivity contribution in [1.29, 1.82) is 0 Å². The fourth-order valence-electron chi connectivity index (χ4n) is 3.19. The molecule has 148 valence electrons. The molecule has 4 aromatic rings. The summed E-state index contributed by atoms with van der Waals surface area (Å²) in [5, 5.41) is 12.1. The third kappa shape index (κ3) is 4.38. The summed E-state index contributed by atoms with van der Waals surface area (Å²) in [4.78, 5) is 12.6. The first-order valence-electron chi connectivity index (χ1n) is 9.88. The Balaban J connectivity index is 1.56. The molecule has 2 aromatic carbocycles. The molecule has 0 saturated carbocycles. The van der Waals surface area contributed by atoms with E-state index in [2.05, 4.69) is 22.7 Å². The van der Waals surface area contributed by atoms with Crippen molar-refractivity contribution in [3.8, 4) is 16.9 Å². The quantitative estimate of drug-likeness (QED) is 0.352. The van der Waals surface area contributed by atoms with E-state index >= 15 is 0 Å². The fraction of sp³-hybridized carbons (Fsp3) is 0.217. The molecule has 0 atom stereocenters. The van der Waals surface area contributed by atoms with Gasteiger partial charge in [-0.25, -0.2) is 9.48 Å². The lowest BCUT2D eigenvalue weighted by Crippen LogP contribution is -2.22. The van der Waals surface area contributed by atoms with Crippen molar-refractivity contribution in [2.75, 3.05) is 25.0 Å². The minimum atomic E-state index is -0.391. The van der Waals surface area contributed by atoms with E-state index in [1.807, 2.05) is 66.9 Å². The van der Waals surface area contributed by atoms with Gasteiger partial charge in [0.25, 0.3) is 0 Å². The van der Waals surface area contributed by atoms with E-state index in [9.17, 15) is 4.79 Å². The molecule has 2 aromatic heterocycles. The van der Waals surface area contributed by atoms with Crippen molar-refractivity contribution < 1.29 is 4.42 Å². The second-order valence-corrected chi connectivity index (χ2v) is 6.86. The number of para-hydroxylation sites is 1. The second-order valence-electron chi connectivity index (χ2n) is 6.86. The highest BCUT2D eigenvalue weighted by atomic mass is 16.4. The van der Waals surface area contributed by atoms with Gasteiger partial charge in [-0.15, -0.1) is 0 Å². The molecule has 29 heavy (non-hydrogen) atoms. The Hall–Kier alpha value is -3.38. The van der Waals surface area contributed by atoms with Crippen LogP contribution in [-0.2, 0) is 0 Å². The number of anilines is 1. The van der Waals surface area contributed by atoms with Crippen LogP contribution in [0.2, 0.25) is 0 Å². The first-order valence-corrected chi connectivity index (χ1v) is 9.88. The SMILES string of the molecule is CCCNCCNc1ccc2cc(-c3ccn(-c4ccccc4)n3)c(=O)oc2c1. The van der Waals surface area contributed by atoms with Crippen LogP contribution in [0.4, 0.5) is 5.69 Å². The van der Waals surface area contributed by atoms with Gasteiger partial charge in [0.2, 0.25) is 0 Å². The summed E-state index contributed by atoms with van der Waals surface area (Å²) in [6.45, 7) is 4.85. The largest absolute Gasteiger partial charge is 0.422 e. The van der Waals surface area contributed by atoms with Crippen LogP contribution < -0.4 is 16.3 Å². The number of hydrogen-bond acceptors (Lipinski definition) is 5. The van der Waals surface area contributed by atoms with E-state index < -0.39 is 5.63 Å². The Labute approximate surface area is 169 Å². The van der Waals surface area contributed by atoms with Crippen molar-refractivity contribution in [2.24, 2.45) is 0 Å². The number of nitrogens with zero attached hydrogens (tertiary/aromatic N) is 2. The third-order valence-corrected chi connectivity index (χ3v) is 4.68. The Bertz CT molecular complexity index is 1150. The Morgan fingerprint density at radius 2 is 1.86 bits per heavy atom. The highest BCUT2D eigenvalue weighted by Crippen LogP contribution is 2.23. The van der Waals surface area contributed by atoms with E-state index in [0.29, 0.717) is 16.8 Å². The predicted octanol–water partition coefficient (Wildman–Crippen LogP) is 4.06. The molecule has 4 rings (SSSR count). The van der Waals surface area contributed by atoms with Crippen LogP contribution >= 0.6 is 0 Å².